The smallest absolute Gasteiger partial charge is 0.410 e. The summed E-state index contributed by atoms with van der Waals surface area (Å²) in [6, 6.07) is 14.6. The number of ketones is 1. The summed E-state index contributed by atoms with van der Waals surface area (Å²) in [6.07, 6.45) is 0.0448. The van der Waals surface area contributed by atoms with Crippen molar-refractivity contribution in [2.75, 3.05) is 27.7 Å². The van der Waals surface area contributed by atoms with Crippen LogP contribution in [-0.4, -0.2) is 102 Å². The Kier molecular flexibility index (Phi) is 17.5. The summed E-state index contributed by atoms with van der Waals surface area (Å²) < 4.78 is 5.55. The lowest BCUT2D eigenvalue weighted by Crippen LogP contribution is -2.60. The normalized spacial score (nSPS) is 13.5. The van der Waals surface area contributed by atoms with Crippen molar-refractivity contribution < 1.29 is 33.5 Å². The van der Waals surface area contributed by atoms with Crippen molar-refractivity contribution in [3.8, 4) is 0 Å². The molecule has 4 atom stereocenters. The van der Waals surface area contributed by atoms with Crippen LogP contribution in [0.4, 0.5) is 4.79 Å². The van der Waals surface area contributed by atoms with Gasteiger partial charge in [0.25, 0.3) is 0 Å². The van der Waals surface area contributed by atoms with E-state index in [9.17, 15) is 28.8 Å². The molecule has 0 unspecified atom stereocenters. The molecule has 0 aliphatic heterocycles. The number of likely N-dealkylation sites (N-methyl/N-ethyl adjacent to an activating group) is 3. The van der Waals surface area contributed by atoms with Crippen LogP contribution < -0.4 is 10.6 Å². The van der Waals surface area contributed by atoms with E-state index in [1.807, 2.05) is 88.4 Å². The summed E-state index contributed by atoms with van der Waals surface area (Å²) in [7, 11) is 4.53. The molecule has 0 saturated heterocycles. The molecule has 52 heavy (non-hydrogen) atoms. The topological polar surface area (TPSA) is 145 Å². The van der Waals surface area contributed by atoms with Gasteiger partial charge in [-0.2, -0.15) is 0 Å². The highest BCUT2D eigenvalue weighted by Gasteiger charge is 2.37. The molecule has 2 aromatic carbocycles. The summed E-state index contributed by atoms with van der Waals surface area (Å²) in [5, 5.41) is 5.76. The van der Waals surface area contributed by atoms with Crippen LogP contribution in [0.15, 0.2) is 60.7 Å². The molecule has 12 nitrogen and oxygen atoms in total. The van der Waals surface area contributed by atoms with Crippen molar-refractivity contribution in [1.29, 1.82) is 0 Å². The predicted octanol–water partition coefficient (Wildman–Crippen LogP) is 4.46. The van der Waals surface area contributed by atoms with E-state index in [0.29, 0.717) is 6.42 Å². The quantitative estimate of drug-likeness (QED) is 0.218. The maximum absolute atomic E-state index is 14.3. The Morgan fingerprint density at radius 2 is 1.17 bits per heavy atom. The summed E-state index contributed by atoms with van der Waals surface area (Å²) in [6.45, 7) is 12.6. The number of nitrogens with one attached hydrogen (secondary N) is 2. The van der Waals surface area contributed by atoms with Gasteiger partial charge in [-0.1, -0.05) is 102 Å². The zero-order valence-electron chi connectivity index (χ0n) is 32.5. The molecule has 2 N–H and O–H groups in total. The van der Waals surface area contributed by atoms with Crippen LogP contribution in [0, 0.1) is 17.8 Å². The third-order valence-corrected chi connectivity index (χ3v) is 8.74. The first-order chi connectivity index (χ1) is 24.4. The van der Waals surface area contributed by atoms with Crippen LogP contribution in [0.25, 0.3) is 0 Å². The van der Waals surface area contributed by atoms with Gasteiger partial charge in [-0.3, -0.25) is 28.9 Å². The van der Waals surface area contributed by atoms with Crippen molar-refractivity contribution in [2.24, 2.45) is 17.8 Å². The third-order valence-electron chi connectivity index (χ3n) is 8.74. The molecule has 5 amide bonds. The second-order valence-electron chi connectivity index (χ2n) is 14.8. The van der Waals surface area contributed by atoms with E-state index in [2.05, 4.69) is 10.6 Å². The Balaban J connectivity index is 2.37. The Bertz CT molecular complexity index is 1480. The lowest BCUT2D eigenvalue weighted by atomic mass is 9.97. The van der Waals surface area contributed by atoms with E-state index in [4.69, 9.17) is 4.74 Å². The molecule has 2 aromatic rings. The number of carbonyl (C=O) groups excluding carboxylic acids is 6. The minimum Gasteiger partial charge on any atom is -0.445 e. The van der Waals surface area contributed by atoms with Gasteiger partial charge in [-0.15, -0.1) is 0 Å². The second kappa shape index (κ2) is 20.9. The number of carbonyl (C=O) groups is 6. The minimum absolute atomic E-state index is 0.00327. The van der Waals surface area contributed by atoms with Crippen LogP contribution in [0.3, 0.4) is 0 Å². The third kappa shape index (κ3) is 13.8. The van der Waals surface area contributed by atoms with Gasteiger partial charge in [0.2, 0.25) is 23.6 Å². The molecule has 0 spiro atoms. The average molecular weight is 722 g/mol. The molecule has 0 aromatic heterocycles. The van der Waals surface area contributed by atoms with Crippen LogP contribution in [0.5, 0.6) is 0 Å². The van der Waals surface area contributed by atoms with Gasteiger partial charge in [-0.05, 0) is 48.6 Å². The van der Waals surface area contributed by atoms with Crippen LogP contribution in [0.2, 0.25) is 0 Å². The lowest BCUT2D eigenvalue weighted by Gasteiger charge is -2.35. The number of Topliss-reactive ketones (excluding diaryl/α,β-unsaturated/α-hetero) is 1. The summed E-state index contributed by atoms with van der Waals surface area (Å²) in [4.78, 5) is 84.4. The maximum Gasteiger partial charge on any atom is 0.410 e. The molecule has 0 aliphatic rings. The van der Waals surface area contributed by atoms with Crippen molar-refractivity contribution in [3.05, 3.63) is 71.8 Å². The number of ether oxygens (including phenoxy) is 1. The first kappa shape index (κ1) is 43.4. The Morgan fingerprint density at radius 3 is 1.67 bits per heavy atom. The standard InChI is InChI=1S/C40H59N5O7/c1-26(2)21-32(38(49)44(9)33(22-27(3)4)37(48)42-35(28(5)6)39(50)43(8)24-29(7)46)41-36(47)34(23-30-17-13-11-14-18-30)45(10)40(51)52-25-31-19-15-12-16-20-31/h11-20,26-28,32-35H,21-25H2,1-10H3,(H,41,47)(H,42,48)/t32-,33-,34-,35-/m0/s1. The first-order valence-corrected chi connectivity index (χ1v) is 18.0. The largest absolute Gasteiger partial charge is 0.445 e. The van der Waals surface area contributed by atoms with E-state index in [1.165, 1.54) is 42.8 Å². The Morgan fingerprint density at radius 1 is 0.654 bits per heavy atom. The van der Waals surface area contributed by atoms with E-state index in [0.717, 1.165) is 11.1 Å². The number of hydrogen-bond donors (Lipinski definition) is 2. The summed E-state index contributed by atoms with van der Waals surface area (Å²) >= 11 is 0. The first-order valence-electron chi connectivity index (χ1n) is 18.0. The van der Waals surface area contributed by atoms with Crippen LogP contribution in [-0.2, 0) is 41.7 Å². The van der Waals surface area contributed by atoms with Crippen molar-refractivity contribution in [3.63, 3.8) is 0 Å². The van der Waals surface area contributed by atoms with E-state index in [-0.39, 0.29) is 49.5 Å². The molecule has 0 bridgehead atoms. The molecule has 286 valence electrons. The molecular formula is C40H59N5O7. The number of benzene rings is 2. The van der Waals surface area contributed by atoms with Gasteiger partial charge in [0.15, 0.2) is 0 Å². The fourth-order valence-electron chi connectivity index (χ4n) is 5.85. The van der Waals surface area contributed by atoms with E-state index >= 15 is 0 Å². The highest BCUT2D eigenvalue weighted by molar-refractivity contribution is 5.96. The fraction of sp³-hybridized carbons (Fsp3) is 0.550. The lowest BCUT2D eigenvalue weighted by molar-refractivity contribution is -0.145. The zero-order chi connectivity index (χ0) is 39.1. The molecule has 12 heteroatoms. The van der Waals surface area contributed by atoms with Gasteiger partial charge in [0, 0.05) is 27.6 Å². The van der Waals surface area contributed by atoms with Gasteiger partial charge in [0.05, 0.1) is 6.54 Å². The van der Waals surface area contributed by atoms with Crippen molar-refractivity contribution in [1.82, 2.24) is 25.3 Å². The van der Waals surface area contributed by atoms with Crippen molar-refractivity contribution in [2.45, 2.75) is 98.5 Å². The predicted molar refractivity (Wildman–Crippen MR) is 201 cm³/mol. The summed E-state index contributed by atoms with van der Waals surface area (Å²) in [5.41, 5.74) is 1.61. The number of nitrogens with zero attached hydrogens (tertiary/aromatic N) is 3. The Hall–Kier alpha value is -4.74. The number of amides is 5. The summed E-state index contributed by atoms with van der Waals surface area (Å²) in [5.74, 6) is -2.42. The highest BCUT2D eigenvalue weighted by Crippen LogP contribution is 2.18. The monoisotopic (exact) mass is 721 g/mol. The van der Waals surface area contributed by atoms with Gasteiger partial charge in [0.1, 0.15) is 36.6 Å². The molecular weight excluding hydrogens is 662 g/mol. The molecule has 0 heterocycles. The zero-order valence-corrected chi connectivity index (χ0v) is 32.5. The van der Waals surface area contributed by atoms with Crippen LogP contribution in [0.1, 0.15) is 72.4 Å². The van der Waals surface area contributed by atoms with Crippen molar-refractivity contribution >= 4 is 35.5 Å². The van der Waals surface area contributed by atoms with Gasteiger partial charge < -0.3 is 25.2 Å². The van der Waals surface area contributed by atoms with E-state index < -0.39 is 53.9 Å². The fourth-order valence-corrected chi connectivity index (χ4v) is 5.85. The molecule has 0 aliphatic carbocycles. The Labute approximate surface area is 309 Å². The van der Waals surface area contributed by atoms with Gasteiger partial charge >= 0.3 is 6.09 Å². The number of hydrogen-bond acceptors (Lipinski definition) is 7. The molecule has 0 radical (unpaired) electrons. The van der Waals surface area contributed by atoms with Crippen LogP contribution >= 0.6 is 0 Å². The highest BCUT2D eigenvalue weighted by atomic mass is 16.6. The SMILES string of the molecule is CC(=O)CN(C)C(=O)[C@@H](NC(=O)[C@H](CC(C)C)N(C)C(=O)[C@H](CC(C)C)NC(=O)[C@H](Cc1ccccc1)N(C)C(=O)OCc1ccccc1)C(C)C. The molecule has 2 rings (SSSR count). The average Bonchev–Trinajstić information content (AvgIpc) is 3.09. The van der Waals surface area contributed by atoms with Gasteiger partial charge in [-0.25, -0.2) is 4.79 Å². The maximum atomic E-state index is 14.3. The number of rotatable bonds is 19. The molecule has 0 saturated carbocycles. The second-order valence-corrected chi connectivity index (χ2v) is 14.8. The molecule has 0 fully saturated rings. The minimum atomic E-state index is -1.02. The van der Waals surface area contributed by atoms with E-state index in [1.54, 1.807) is 13.8 Å².